The summed E-state index contributed by atoms with van der Waals surface area (Å²) >= 11 is 0. The number of unbranched alkanes of at least 4 members (excludes halogenated alkanes) is 4. The quantitative estimate of drug-likeness (QED) is 0.0807. The fourth-order valence-corrected chi connectivity index (χ4v) is 4.01. The fourth-order valence-electron chi connectivity index (χ4n) is 4.01. The molecule has 0 amide bonds. The topological polar surface area (TPSA) is 71.1 Å². The van der Waals surface area contributed by atoms with Gasteiger partial charge in [-0.3, -0.25) is 0 Å². The van der Waals surface area contributed by atoms with Gasteiger partial charge in [0.2, 0.25) is 0 Å². The highest BCUT2D eigenvalue weighted by Crippen LogP contribution is 2.44. The maximum atomic E-state index is 12.6. The van der Waals surface area contributed by atoms with E-state index in [4.69, 9.17) is 18.9 Å². The van der Waals surface area contributed by atoms with Crippen molar-refractivity contribution >= 4 is 33.9 Å². The summed E-state index contributed by atoms with van der Waals surface area (Å²) in [6.45, 7) is 6.44. The second kappa shape index (κ2) is 14.7. The zero-order chi connectivity index (χ0) is 26.5. The summed E-state index contributed by atoms with van der Waals surface area (Å²) in [4.78, 5) is 25.1. The lowest BCUT2D eigenvalue weighted by Gasteiger charge is -2.17. The number of allylic oxidation sites excluding steroid dienone is 2. The van der Waals surface area contributed by atoms with Crippen molar-refractivity contribution in [3.63, 3.8) is 0 Å². The molecule has 0 aromatic heterocycles. The minimum Gasteiger partial charge on any atom is -0.430 e. The van der Waals surface area contributed by atoms with Gasteiger partial charge < -0.3 is 18.9 Å². The first-order valence-electron chi connectivity index (χ1n) is 13.0. The summed E-state index contributed by atoms with van der Waals surface area (Å²) < 4.78 is 22.0. The highest BCUT2D eigenvalue weighted by molar-refractivity contribution is 6.13. The van der Waals surface area contributed by atoms with E-state index in [-0.39, 0.29) is 13.2 Å². The third kappa shape index (κ3) is 7.84. The fraction of sp³-hybridized carbons (Fsp3) is 0.355. The van der Waals surface area contributed by atoms with Gasteiger partial charge in [-0.05, 0) is 25.3 Å². The van der Waals surface area contributed by atoms with Gasteiger partial charge >= 0.3 is 12.3 Å². The SMILES string of the molecule is CCCC/C=C/COC(=O)Oc1c2ccccc2c(OC(=O)OC/C=C/CCCC)c2c(C)cccc12. The zero-order valence-corrected chi connectivity index (χ0v) is 22.0. The van der Waals surface area contributed by atoms with Gasteiger partial charge in [-0.15, -0.1) is 0 Å². The van der Waals surface area contributed by atoms with E-state index in [1.54, 1.807) is 0 Å². The van der Waals surface area contributed by atoms with Crippen molar-refractivity contribution in [1.82, 2.24) is 0 Å². The van der Waals surface area contributed by atoms with Crippen molar-refractivity contribution in [2.75, 3.05) is 13.2 Å². The van der Waals surface area contributed by atoms with Crippen molar-refractivity contribution in [3.05, 3.63) is 72.3 Å². The number of carbonyl (C=O) groups is 2. The van der Waals surface area contributed by atoms with Crippen LogP contribution in [0.15, 0.2) is 66.8 Å². The molecule has 0 aliphatic rings. The lowest BCUT2D eigenvalue weighted by Crippen LogP contribution is -2.13. The standard InChI is InChI=1S/C31H36O6/c1-4-6-8-10-14-21-34-30(32)36-28-24-18-12-13-19-25(24)29(27-23(3)17-16-20-26(27)28)37-31(33)35-22-15-11-9-7-5-2/h10-20H,4-9,21-22H2,1-3H3/b14-10+,15-11+. The molecule has 6 nitrogen and oxygen atoms in total. The predicted octanol–water partition coefficient (Wildman–Crippen LogP) is 8.83. The Kier molecular flexibility index (Phi) is 11.0. The average molecular weight is 505 g/mol. The molecular formula is C31H36O6. The van der Waals surface area contributed by atoms with Crippen LogP contribution in [0.5, 0.6) is 11.5 Å². The third-order valence-corrected chi connectivity index (χ3v) is 5.91. The van der Waals surface area contributed by atoms with E-state index in [1.165, 1.54) is 0 Å². The van der Waals surface area contributed by atoms with Crippen molar-refractivity contribution < 1.29 is 28.5 Å². The van der Waals surface area contributed by atoms with Crippen molar-refractivity contribution in [2.45, 2.75) is 59.3 Å². The summed E-state index contributed by atoms with van der Waals surface area (Å²) in [5.74, 6) is 0.720. The molecule has 0 radical (unpaired) electrons. The molecule has 0 saturated carbocycles. The molecule has 0 aliphatic heterocycles. The number of benzene rings is 3. The average Bonchev–Trinajstić information content (AvgIpc) is 2.90. The van der Waals surface area contributed by atoms with E-state index in [9.17, 15) is 9.59 Å². The summed E-state index contributed by atoms with van der Waals surface area (Å²) in [5, 5.41) is 2.55. The van der Waals surface area contributed by atoms with Crippen LogP contribution in [0, 0.1) is 6.92 Å². The van der Waals surface area contributed by atoms with E-state index in [1.807, 2.05) is 73.7 Å². The van der Waals surface area contributed by atoms with Crippen LogP contribution in [0.1, 0.15) is 57.9 Å². The summed E-state index contributed by atoms with van der Waals surface area (Å²) in [7, 11) is 0. The Morgan fingerprint density at radius 1 is 0.676 bits per heavy atom. The van der Waals surface area contributed by atoms with Crippen LogP contribution in [0.4, 0.5) is 9.59 Å². The van der Waals surface area contributed by atoms with Gasteiger partial charge in [0.25, 0.3) is 0 Å². The molecule has 37 heavy (non-hydrogen) atoms. The molecule has 0 atom stereocenters. The van der Waals surface area contributed by atoms with Crippen molar-refractivity contribution in [2.24, 2.45) is 0 Å². The number of carbonyl (C=O) groups excluding carboxylic acids is 2. The predicted molar refractivity (Wildman–Crippen MR) is 147 cm³/mol. The molecule has 3 aromatic rings. The molecule has 0 fully saturated rings. The maximum absolute atomic E-state index is 12.6. The molecule has 0 spiro atoms. The van der Waals surface area contributed by atoms with E-state index in [0.29, 0.717) is 33.0 Å². The smallest absolute Gasteiger partial charge is 0.430 e. The third-order valence-electron chi connectivity index (χ3n) is 5.91. The normalized spacial score (nSPS) is 11.4. The van der Waals surface area contributed by atoms with E-state index in [2.05, 4.69) is 13.8 Å². The molecule has 0 aliphatic carbocycles. The number of aryl methyl sites for hydroxylation is 1. The molecule has 0 heterocycles. The van der Waals surface area contributed by atoms with Gasteiger partial charge in [-0.25, -0.2) is 9.59 Å². The van der Waals surface area contributed by atoms with Crippen LogP contribution in [0.3, 0.4) is 0 Å². The minimum absolute atomic E-state index is 0.136. The minimum atomic E-state index is -0.795. The maximum Gasteiger partial charge on any atom is 0.514 e. The zero-order valence-electron chi connectivity index (χ0n) is 22.0. The molecule has 3 rings (SSSR count). The number of ether oxygens (including phenoxy) is 4. The summed E-state index contributed by atoms with van der Waals surface area (Å²) in [5.41, 5.74) is 0.864. The first-order chi connectivity index (χ1) is 18.1. The number of hydrogen-bond donors (Lipinski definition) is 0. The second-order valence-corrected chi connectivity index (χ2v) is 8.75. The van der Waals surface area contributed by atoms with Crippen LogP contribution >= 0.6 is 0 Å². The molecular weight excluding hydrogens is 468 g/mol. The highest BCUT2D eigenvalue weighted by Gasteiger charge is 2.22. The molecule has 196 valence electrons. The van der Waals surface area contributed by atoms with Gasteiger partial charge in [-0.2, -0.15) is 0 Å². The van der Waals surface area contributed by atoms with Crippen LogP contribution < -0.4 is 9.47 Å². The Hall–Kier alpha value is -3.80. The first kappa shape index (κ1) is 27.8. The van der Waals surface area contributed by atoms with Crippen LogP contribution in [-0.2, 0) is 9.47 Å². The number of hydrogen-bond acceptors (Lipinski definition) is 6. The van der Waals surface area contributed by atoms with Gasteiger partial charge in [-0.1, -0.05) is 106 Å². The molecule has 0 N–H and O–H groups in total. The lowest BCUT2D eigenvalue weighted by atomic mass is 9.97. The Labute approximate surface area is 218 Å². The molecule has 6 heteroatoms. The van der Waals surface area contributed by atoms with Crippen molar-refractivity contribution in [3.8, 4) is 11.5 Å². The Balaban J connectivity index is 1.87. The van der Waals surface area contributed by atoms with Gasteiger partial charge in [0, 0.05) is 21.5 Å². The monoisotopic (exact) mass is 504 g/mol. The highest BCUT2D eigenvalue weighted by atomic mass is 16.7. The van der Waals surface area contributed by atoms with E-state index in [0.717, 1.165) is 44.1 Å². The lowest BCUT2D eigenvalue weighted by molar-refractivity contribution is 0.109. The first-order valence-corrected chi connectivity index (χ1v) is 13.0. The second-order valence-electron chi connectivity index (χ2n) is 8.75. The van der Waals surface area contributed by atoms with E-state index < -0.39 is 12.3 Å². The molecule has 3 aromatic carbocycles. The van der Waals surface area contributed by atoms with E-state index >= 15 is 0 Å². The van der Waals surface area contributed by atoms with Gasteiger partial charge in [0.15, 0.2) is 5.75 Å². The number of fused-ring (bicyclic) bond motifs is 2. The van der Waals surface area contributed by atoms with Gasteiger partial charge in [0.1, 0.15) is 19.0 Å². The summed E-state index contributed by atoms with van der Waals surface area (Å²) in [6, 6.07) is 12.9. The Morgan fingerprint density at radius 3 is 1.76 bits per heavy atom. The molecule has 0 bridgehead atoms. The Bertz CT molecular complexity index is 1260. The van der Waals surface area contributed by atoms with Crippen LogP contribution in [0.25, 0.3) is 21.5 Å². The van der Waals surface area contributed by atoms with Gasteiger partial charge in [0.05, 0.1) is 0 Å². The largest absolute Gasteiger partial charge is 0.514 e. The van der Waals surface area contributed by atoms with Crippen LogP contribution in [0.2, 0.25) is 0 Å². The molecule has 0 unspecified atom stereocenters. The van der Waals surface area contributed by atoms with Crippen molar-refractivity contribution in [1.29, 1.82) is 0 Å². The Morgan fingerprint density at radius 2 is 1.19 bits per heavy atom. The van der Waals surface area contributed by atoms with Crippen LogP contribution in [-0.4, -0.2) is 25.5 Å². The molecule has 0 saturated heterocycles. The summed E-state index contributed by atoms with van der Waals surface area (Å²) in [6.07, 6.45) is 12.3. The number of rotatable bonds is 12.